The number of carboxylic acids is 1. The highest BCUT2D eigenvalue weighted by atomic mass is 16.5. The number of anilines is 1. The smallest absolute Gasteiger partial charge is 0.335 e. The molecule has 118 valence electrons. The summed E-state index contributed by atoms with van der Waals surface area (Å²) in [4.78, 5) is 23.2. The van der Waals surface area contributed by atoms with Crippen molar-refractivity contribution in [2.45, 2.75) is 39.7 Å². The molecule has 1 fully saturated rings. The van der Waals surface area contributed by atoms with Crippen molar-refractivity contribution in [1.82, 2.24) is 0 Å². The minimum absolute atomic E-state index is 0.0740. The zero-order valence-corrected chi connectivity index (χ0v) is 13.1. The number of rotatable bonds is 6. The first-order chi connectivity index (χ1) is 10.4. The van der Waals surface area contributed by atoms with E-state index >= 15 is 0 Å². The van der Waals surface area contributed by atoms with Gasteiger partial charge < -0.3 is 15.2 Å². The van der Waals surface area contributed by atoms with E-state index in [4.69, 9.17) is 9.84 Å². The van der Waals surface area contributed by atoms with Crippen molar-refractivity contribution >= 4 is 17.6 Å². The lowest BCUT2D eigenvalue weighted by atomic mass is 10.1. The minimum atomic E-state index is -1.05. The lowest BCUT2D eigenvalue weighted by Gasteiger charge is -2.15. The minimum Gasteiger partial charge on any atom is -0.489 e. The summed E-state index contributed by atoms with van der Waals surface area (Å²) in [6.45, 7) is 5.68. The third kappa shape index (κ3) is 4.35. The number of allylic oxidation sites excluding steroid dienone is 1. The van der Waals surface area contributed by atoms with E-state index in [1.54, 1.807) is 12.1 Å². The Balaban J connectivity index is 2.21. The van der Waals surface area contributed by atoms with Crippen molar-refractivity contribution in [3.05, 3.63) is 35.4 Å². The van der Waals surface area contributed by atoms with E-state index in [-0.39, 0.29) is 17.6 Å². The number of ether oxygens (including phenoxy) is 1. The van der Waals surface area contributed by atoms with Crippen molar-refractivity contribution in [2.75, 3.05) is 5.32 Å². The number of aromatic carboxylic acids is 1. The standard InChI is InChI=1S/C17H21NO4/c1-10(2)22-15-7-6-13(17(20)21)9-14(15)18-16(19)8-11(3)12-4-5-12/h6-10,12H,4-5H2,1-3H3,(H,18,19)(H,20,21)/b11-8-. The largest absolute Gasteiger partial charge is 0.489 e. The third-order valence-corrected chi connectivity index (χ3v) is 3.43. The maximum absolute atomic E-state index is 12.1. The molecule has 1 amide bonds. The predicted octanol–water partition coefficient (Wildman–Crippen LogP) is 3.47. The SMILES string of the molecule is C/C(=C/C(=O)Nc1cc(C(=O)O)ccc1OC(C)C)C1CC1. The van der Waals surface area contributed by atoms with Crippen molar-refractivity contribution in [3.8, 4) is 5.75 Å². The molecule has 22 heavy (non-hydrogen) atoms. The molecule has 1 aliphatic rings. The maximum atomic E-state index is 12.1. The van der Waals surface area contributed by atoms with Gasteiger partial charge in [-0.3, -0.25) is 4.79 Å². The van der Waals surface area contributed by atoms with E-state index in [1.165, 1.54) is 12.1 Å². The highest BCUT2D eigenvalue weighted by Crippen LogP contribution is 2.36. The topological polar surface area (TPSA) is 75.6 Å². The summed E-state index contributed by atoms with van der Waals surface area (Å²) in [6, 6.07) is 4.44. The van der Waals surface area contributed by atoms with Crippen LogP contribution >= 0.6 is 0 Å². The van der Waals surface area contributed by atoms with E-state index in [0.29, 0.717) is 17.4 Å². The van der Waals surface area contributed by atoms with E-state index in [2.05, 4.69) is 5.32 Å². The van der Waals surface area contributed by atoms with Crippen molar-refractivity contribution in [2.24, 2.45) is 5.92 Å². The van der Waals surface area contributed by atoms with Gasteiger partial charge in [-0.05, 0) is 57.7 Å². The van der Waals surface area contributed by atoms with Crippen LogP contribution in [-0.2, 0) is 4.79 Å². The van der Waals surface area contributed by atoms with Crippen LogP contribution in [0.5, 0.6) is 5.75 Å². The Hall–Kier alpha value is -2.30. The molecule has 1 aromatic rings. The molecule has 2 rings (SSSR count). The van der Waals surface area contributed by atoms with Crippen molar-refractivity contribution < 1.29 is 19.4 Å². The number of benzene rings is 1. The zero-order valence-electron chi connectivity index (χ0n) is 13.1. The van der Waals surface area contributed by atoms with Crippen LogP contribution in [0.3, 0.4) is 0 Å². The highest BCUT2D eigenvalue weighted by molar-refractivity contribution is 6.01. The van der Waals surface area contributed by atoms with Gasteiger partial charge in [-0.25, -0.2) is 4.79 Å². The highest BCUT2D eigenvalue weighted by Gasteiger charge is 2.23. The van der Waals surface area contributed by atoms with E-state index in [1.807, 2.05) is 20.8 Å². The molecule has 5 heteroatoms. The summed E-state index contributed by atoms with van der Waals surface area (Å²) >= 11 is 0. The first-order valence-electron chi connectivity index (χ1n) is 7.40. The summed E-state index contributed by atoms with van der Waals surface area (Å²) in [5.41, 5.74) is 1.53. The van der Waals surface area contributed by atoms with Gasteiger partial charge in [-0.2, -0.15) is 0 Å². The molecule has 2 N–H and O–H groups in total. The van der Waals surface area contributed by atoms with Gasteiger partial charge in [-0.1, -0.05) is 5.57 Å². The molecular weight excluding hydrogens is 282 g/mol. The fourth-order valence-electron chi connectivity index (χ4n) is 2.15. The fourth-order valence-corrected chi connectivity index (χ4v) is 2.15. The number of amides is 1. The Morgan fingerprint density at radius 3 is 2.59 bits per heavy atom. The first-order valence-corrected chi connectivity index (χ1v) is 7.40. The van der Waals surface area contributed by atoms with Gasteiger partial charge in [0.15, 0.2) is 0 Å². The first kappa shape index (κ1) is 16.1. The fraction of sp³-hybridized carbons (Fsp3) is 0.412. The second-order valence-corrected chi connectivity index (χ2v) is 5.83. The molecule has 0 spiro atoms. The second kappa shape index (κ2) is 6.64. The quantitative estimate of drug-likeness (QED) is 0.789. The van der Waals surface area contributed by atoms with Crippen molar-refractivity contribution in [3.63, 3.8) is 0 Å². The van der Waals surface area contributed by atoms with Gasteiger partial charge in [0.05, 0.1) is 17.4 Å². The lowest BCUT2D eigenvalue weighted by Crippen LogP contribution is -2.13. The summed E-state index contributed by atoms with van der Waals surface area (Å²) in [7, 11) is 0. The third-order valence-electron chi connectivity index (χ3n) is 3.43. The van der Waals surface area contributed by atoms with Crippen LogP contribution in [0.15, 0.2) is 29.8 Å². The lowest BCUT2D eigenvalue weighted by molar-refractivity contribution is -0.112. The summed E-state index contributed by atoms with van der Waals surface area (Å²) in [5, 5.41) is 11.8. The monoisotopic (exact) mass is 303 g/mol. The van der Waals surface area contributed by atoms with Gasteiger partial charge >= 0.3 is 5.97 Å². The Kier molecular flexibility index (Phi) is 4.85. The predicted molar refractivity (Wildman–Crippen MR) is 84.3 cm³/mol. The van der Waals surface area contributed by atoms with E-state index < -0.39 is 5.97 Å². The molecule has 1 aromatic carbocycles. The number of nitrogens with one attached hydrogen (secondary N) is 1. The molecule has 0 aromatic heterocycles. The second-order valence-electron chi connectivity index (χ2n) is 5.83. The molecule has 0 bridgehead atoms. The molecule has 5 nitrogen and oxygen atoms in total. The number of carbonyl (C=O) groups is 2. The summed E-state index contributed by atoms with van der Waals surface area (Å²) < 4.78 is 5.62. The molecule has 0 radical (unpaired) electrons. The molecular formula is C17H21NO4. The van der Waals surface area contributed by atoms with Crippen LogP contribution in [0.25, 0.3) is 0 Å². The van der Waals surface area contributed by atoms with Crippen LogP contribution in [0.2, 0.25) is 0 Å². The summed E-state index contributed by atoms with van der Waals surface area (Å²) in [5.74, 6) is -0.329. The van der Waals surface area contributed by atoms with Crippen LogP contribution in [0.1, 0.15) is 44.0 Å². The Morgan fingerprint density at radius 2 is 2.05 bits per heavy atom. The average molecular weight is 303 g/mol. The summed E-state index contributed by atoms with van der Waals surface area (Å²) in [6.07, 6.45) is 3.76. The van der Waals surface area contributed by atoms with Crippen LogP contribution in [0, 0.1) is 5.92 Å². The van der Waals surface area contributed by atoms with Crippen molar-refractivity contribution in [1.29, 1.82) is 0 Å². The number of hydrogen-bond donors (Lipinski definition) is 2. The van der Waals surface area contributed by atoms with Gasteiger partial charge in [0.1, 0.15) is 5.75 Å². The zero-order chi connectivity index (χ0) is 16.3. The van der Waals surface area contributed by atoms with Gasteiger partial charge in [-0.15, -0.1) is 0 Å². The van der Waals surface area contributed by atoms with Crippen LogP contribution in [0.4, 0.5) is 5.69 Å². The Bertz CT molecular complexity index is 615. The van der Waals surface area contributed by atoms with Gasteiger partial charge in [0, 0.05) is 6.08 Å². The number of carbonyl (C=O) groups excluding carboxylic acids is 1. The van der Waals surface area contributed by atoms with E-state index in [0.717, 1.165) is 18.4 Å². The molecule has 0 unspecified atom stereocenters. The van der Waals surface area contributed by atoms with Crippen LogP contribution < -0.4 is 10.1 Å². The molecule has 0 saturated heterocycles. The number of hydrogen-bond acceptors (Lipinski definition) is 3. The average Bonchev–Trinajstić information content (AvgIpc) is 3.24. The maximum Gasteiger partial charge on any atom is 0.335 e. The molecule has 1 aliphatic carbocycles. The Labute approximate surface area is 130 Å². The number of carboxylic acid groups (broad SMARTS) is 1. The molecule has 0 atom stereocenters. The van der Waals surface area contributed by atoms with Crippen LogP contribution in [-0.4, -0.2) is 23.1 Å². The normalized spacial score (nSPS) is 14.8. The molecule has 1 saturated carbocycles. The Morgan fingerprint density at radius 1 is 1.36 bits per heavy atom. The van der Waals surface area contributed by atoms with Gasteiger partial charge in [0.2, 0.25) is 5.91 Å². The molecule has 0 aliphatic heterocycles. The van der Waals surface area contributed by atoms with Gasteiger partial charge in [0.25, 0.3) is 0 Å². The van der Waals surface area contributed by atoms with E-state index in [9.17, 15) is 9.59 Å². The molecule has 0 heterocycles.